The van der Waals surface area contributed by atoms with Gasteiger partial charge >= 0.3 is 0 Å². The number of benzene rings is 1. The fraction of sp³-hybridized carbons (Fsp3) is 0.571. The largest absolute Gasteiger partial charge is 0.497 e. The summed E-state index contributed by atoms with van der Waals surface area (Å²) in [5, 5.41) is 10.1. The fourth-order valence-electron chi connectivity index (χ4n) is 2.70. The molecule has 0 aromatic heterocycles. The summed E-state index contributed by atoms with van der Waals surface area (Å²) in [4.78, 5) is 2.10. The molecule has 1 saturated carbocycles. The smallest absolute Gasteiger partial charge is 0.121 e. The second-order valence-electron chi connectivity index (χ2n) is 4.95. The Kier molecular flexibility index (Phi) is 3.97. The second kappa shape index (κ2) is 5.48. The number of hydrogen-bond donors (Lipinski definition) is 2. The highest BCUT2D eigenvalue weighted by Crippen LogP contribution is 2.32. The summed E-state index contributed by atoms with van der Waals surface area (Å²) < 4.78 is 5.15. The van der Waals surface area contributed by atoms with Crippen molar-refractivity contribution in [2.45, 2.75) is 37.8 Å². The van der Waals surface area contributed by atoms with Crippen LogP contribution in [0.1, 0.15) is 25.7 Å². The molecule has 1 aliphatic rings. The zero-order valence-electron chi connectivity index (χ0n) is 11.1. The number of hydrogen-bond acceptors (Lipinski definition) is 4. The molecule has 1 fully saturated rings. The lowest BCUT2D eigenvalue weighted by Gasteiger charge is -2.37. The first-order valence-corrected chi connectivity index (χ1v) is 6.48. The molecule has 0 aliphatic heterocycles. The first-order valence-electron chi connectivity index (χ1n) is 6.48. The van der Waals surface area contributed by atoms with Crippen LogP contribution in [0.25, 0.3) is 0 Å². The van der Waals surface area contributed by atoms with Gasteiger partial charge in [0.2, 0.25) is 0 Å². The van der Waals surface area contributed by atoms with E-state index in [2.05, 4.69) is 4.90 Å². The summed E-state index contributed by atoms with van der Waals surface area (Å²) >= 11 is 0. The van der Waals surface area contributed by atoms with E-state index in [1.54, 1.807) is 7.11 Å². The van der Waals surface area contributed by atoms with Crippen molar-refractivity contribution in [3.8, 4) is 5.75 Å². The van der Waals surface area contributed by atoms with Crippen LogP contribution in [-0.4, -0.2) is 31.4 Å². The van der Waals surface area contributed by atoms with Gasteiger partial charge in [0, 0.05) is 13.1 Å². The third kappa shape index (κ3) is 2.53. The molecule has 1 aromatic carbocycles. The maximum Gasteiger partial charge on any atom is 0.121 e. The number of likely N-dealkylation sites (N-methyl/N-ethyl adjacent to an activating group) is 1. The Bertz CT molecular complexity index is 409. The van der Waals surface area contributed by atoms with E-state index in [1.807, 2.05) is 25.2 Å². The van der Waals surface area contributed by atoms with Crippen LogP contribution in [0.3, 0.4) is 0 Å². The quantitative estimate of drug-likeness (QED) is 0.806. The first kappa shape index (κ1) is 13.0. The Balaban J connectivity index is 2.19. The van der Waals surface area contributed by atoms with E-state index in [1.165, 1.54) is 6.42 Å². The maximum absolute atomic E-state index is 10.1. The molecule has 4 nitrogen and oxygen atoms in total. The SMILES string of the molecule is COc1ccc(N(C)C2CCCCC2O)c(N)c1. The van der Waals surface area contributed by atoms with Gasteiger partial charge in [0.1, 0.15) is 5.75 Å². The second-order valence-corrected chi connectivity index (χ2v) is 4.95. The number of rotatable bonds is 3. The number of aliphatic hydroxyl groups excluding tert-OH is 1. The van der Waals surface area contributed by atoms with Crippen LogP contribution in [0.5, 0.6) is 5.75 Å². The van der Waals surface area contributed by atoms with E-state index in [0.29, 0.717) is 5.69 Å². The van der Waals surface area contributed by atoms with Gasteiger partial charge in [0.15, 0.2) is 0 Å². The maximum atomic E-state index is 10.1. The minimum Gasteiger partial charge on any atom is -0.497 e. The van der Waals surface area contributed by atoms with Crippen LogP contribution in [0.2, 0.25) is 0 Å². The molecule has 0 bridgehead atoms. The van der Waals surface area contributed by atoms with E-state index in [9.17, 15) is 5.11 Å². The molecule has 1 aliphatic carbocycles. The van der Waals surface area contributed by atoms with Crippen molar-refractivity contribution < 1.29 is 9.84 Å². The van der Waals surface area contributed by atoms with Gasteiger partial charge in [-0.1, -0.05) is 12.8 Å². The van der Waals surface area contributed by atoms with Crippen LogP contribution < -0.4 is 15.4 Å². The van der Waals surface area contributed by atoms with Crippen LogP contribution in [0.15, 0.2) is 18.2 Å². The average molecular weight is 250 g/mol. The summed E-state index contributed by atoms with van der Waals surface area (Å²) in [6.07, 6.45) is 3.92. The lowest BCUT2D eigenvalue weighted by Crippen LogP contribution is -2.43. The zero-order chi connectivity index (χ0) is 13.1. The van der Waals surface area contributed by atoms with Crippen molar-refractivity contribution >= 4 is 11.4 Å². The van der Waals surface area contributed by atoms with Crippen LogP contribution in [0.4, 0.5) is 11.4 Å². The average Bonchev–Trinajstić information content (AvgIpc) is 2.38. The number of aliphatic hydroxyl groups is 1. The van der Waals surface area contributed by atoms with Crippen LogP contribution in [0, 0.1) is 0 Å². The predicted octanol–water partition coefficient (Wildman–Crippen LogP) is 2.02. The molecule has 2 rings (SSSR count). The Hall–Kier alpha value is -1.42. The number of nitrogens with zero attached hydrogens (tertiary/aromatic N) is 1. The normalized spacial score (nSPS) is 23.7. The highest BCUT2D eigenvalue weighted by Gasteiger charge is 2.27. The first-order chi connectivity index (χ1) is 8.63. The molecule has 18 heavy (non-hydrogen) atoms. The Morgan fingerprint density at radius 3 is 2.67 bits per heavy atom. The predicted molar refractivity (Wildman–Crippen MR) is 74.1 cm³/mol. The molecule has 1 aromatic rings. The monoisotopic (exact) mass is 250 g/mol. The fourth-order valence-corrected chi connectivity index (χ4v) is 2.70. The lowest BCUT2D eigenvalue weighted by atomic mass is 9.91. The van der Waals surface area contributed by atoms with Gasteiger partial charge in [-0.25, -0.2) is 0 Å². The Labute approximate surface area is 108 Å². The van der Waals surface area contributed by atoms with Crippen molar-refractivity contribution in [1.29, 1.82) is 0 Å². The van der Waals surface area contributed by atoms with Gasteiger partial charge < -0.3 is 20.5 Å². The van der Waals surface area contributed by atoms with Gasteiger partial charge in [-0.3, -0.25) is 0 Å². The molecule has 0 amide bonds. The molecule has 0 saturated heterocycles. The standard InChI is InChI=1S/C14H22N2O2/c1-16(13-5-3-4-6-14(13)17)12-8-7-10(18-2)9-11(12)15/h7-9,13-14,17H,3-6,15H2,1-2H3. The van der Waals surface area contributed by atoms with Gasteiger partial charge in [0.05, 0.1) is 30.6 Å². The van der Waals surface area contributed by atoms with E-state index in [4.69, 9.17) is 10.5 Å². The summed E-state index contributed by atoms with van der Waals surface area (Å²) in [6, 6.07) is 5.84. The molecule has 2 unspecified atom stereocenters. The third-order valence-electron chi connectivity index (χ3n) is 3.81. The summed E-state index contributed by atoms with van der Waals surface area (Å²) in [5.41, 5.74) is 7.70. The number of nitrogens with two attached hydrogens (primary N) is 1. The highest BCUT2D eigenvalue weighted by molar-refractivity contribution is 5.69. The molecule has 4 heteroatoms. The van der Waals surface area contributed by atoms with E-state index in [0.717, 1.165) is 30.7 Å². The number of methoxy groups -OCH3 is 1. The third-order valence-corrected chi connectivity index (χ3v) is 3.81. The van der Waals surface area contributed by atoms with Crippen molar-refractivity contribution in [1.82, 2.24) is 0 Å². The van der Waals surface area contributed by atoms with Crippen molar-refractivity contribution in [3.63, 3.8) is 0 Å². The summed E-state index contributed by atoms with van der Waals surface area (Å²) in [7, 11) is 3.63. The Morgan fingerprint density at radius 1 is 1.33 bits per heavy atom. The molecular weight excluding hydrogens is 228 g/mol. The van der Waals surface area contributed by atoms with Crippen molar-refractivity contribution in [3.05, 3.63) is 18.2 Å². The highest BCUT2D eigenvalue weighted by atomic mass is 16.5. The van der Waals surface area contributed by atoms with Gasteiger partial charge in [-0.2, -0.15) is 0 Å². The summed E-state index contributed by atoms with van der Waals surface area (Å²) in [6.45, 7) is 0. The molecule has 0 spiro atoms. The van der Waals surface area contributed by atoms with Crippen molar-refractivity contribution in [2.24, 2.45) is 0 Å². The number of nitrogen functional groups attached to an aromatic ring is 1. The molecule has 3 N–H and O–H groups in total. The Morgan fingerprint density at radius 2 is 2.06 bits per heavy atom. The molecule has 2 atom stereocenters. The molecule has 0 heterocycles. The minimum atomic E-state index is -0.259. The molecule has 0 radical (unpaired) electrons. The zero-order valence-corrected chi connectivity index (χ0v) is 11.1. The number of anilines is 2. The van der Waals surface area contributed by atoms with E-state index in [-0.39, 0.29) is 12.1 Å². The van der Waals surface area contributed by atoms with Crippen molar-refractivity contribution in [2.75, 3.05) is 24.8 Å². The van der Waals surface area contributed by atoms with E-state index < -0.39 is 0 Å². The molecule has 100 valence electrons. The van der Waals surface area contributed by atoms with Crippen LogP contribution >= 0.6 is 0 Å². The topological polar surface area (TPSA) is 58.7 Å². The van der Waals surface area contributed by atoms with Gasteiger partial charge in [0.25, 0.3) is 0 Å². The summed E-state index contributed by atoms with van der Waals surface area (Å²) in [5.74, 6) is 0.758. The van der Waals surface area contributed by atoms with Gasteiger partial charge in [-0.15, -0.1) is 0 Å². The minimum absolute atomic E-state index is 0.162. The number of ether oxygens (including phenoxy) is 1. The van der Waals surface area contributed by atoms with E-state index >= 15 is 0 Å². The lowest BCUT2D eigenvalue weighted by molar-refractivity contribution is 0.106. The van der Waals surface area contributed by atoms with Crippen LogP contribution in [-0.2, 0) is 0 Å². The molecular formula is C14H22N2O2. The van der Waals surface area contributed by atoms with Gasteiger partial charge in [-0.05, 0) is 25.0 Å².